The van der Waals surface area contributed by atoms with Gasteiger partial charge < -0.3 is 20.8 Å². The maximum atomic E-state index is 11.7. The first-order chi connectivity index (χ1) is 9.93. The van der Waals surface area contributed by atoms with Crippen molar-refractivity contribution in [2.24, 2.45) is 0 Å². The molecule has 0 fully saturated rings. The number of aromatic nitrogens is 1. The Hall–Kier alpha value is -2.48. The fraction of sp³-hybridized carbons (Fsp3) is 0.385. The van der Waals surface area contributed by atoms with Crippen molar-refractivity contribution in [3.63, 3.8) is 0 Å². The number of pyridine rings is 1. The maximum Gasteiger partial charge on any atom is 0.328 e. The van der Waals surface area contributed by atoms with Crippen LogP contribution < -0.4 is 10.6 Å². The van der Waals surface area contributed by atoms with Gasteiger partial charge in [0.1, 0.15) is 12.1 Å². The zero-order chi connectivity index (χ0) is 15.8. The quantitative estimate of drug-likeness (QED) is 0.494. The number of hydrogen-bond donors (Lipinski definition) is 4. The van der Waals surface area contributed by atoms with Crippen LogP contribution in [-0.2, 0) is 20.8 Å². The number of nitrogens with zero attached hydrogens (tertiary/aromatic N) is 1. The number of amides is 2. The highest BCUT2D eigenvalue weighted by atomic mass is 16.4. The van der Waals surface area contributed by atoms with Crippen molar-refractivity contribution in [1.29, 1.82) is 0 Å². The van der Waals surface area contributed by atoms with Gasteiger partial charge in [-0.1, -0.05) is 0 Å². The predicted octanol–water partition coefficient (Wildman–Crippen LogP) is -1.31. The number of rotatable bonds is 7. The van der Waals surface area contributed by atoms with Crippen molar-refractivity contribution >= 4 is 17.8 Å². The molecule has 0 aromatic carbocycles. The molecule has 0 aliphatic heterocycles. The van der Waals surface area contributed by atoms with Gasteiger partial charge in [0.05, 0.1) is 13.0 Å². The van der Waals surface area contributed by atoms with E-state index in [1.807, 2.05) is 0 Å². The minimum atomic E-state index is -1.39. The Bertz CT molecular complexity index is 506. The van der Waals surface area contributed by atoms with Crippen LogP contribution in [0.1, 0.15) is 12.5 Å². The van der Waals surface area contributed by atoms with Crippen molar-refractivity contribution in [2.45, 2.75) is 25.4 Å². The van der Waals surface area contributed by atoms with Crippen molar-refractivity contribution in [3.05, 3.63) is 30.1 Å². The summed E-state index contributed by atoms with van der Waals surface area (Å²) in [6, 6.07) is 1.05. The number of carboxylic acid groups (broad SMARTS) is 1. The molecule has 0 aliphatic rings. The van der Waals surface area contributed by atoms with E-state index >= 15 is 0 Å². The number of hydrogen-bond acceptors (Lipinski definition) is 5. The minimum Gasteiger partial charge on any atom is -0.480 e. The van der Waals surface area contributed by atoms with Gasteiger partial charge in [-0.25, -0.2) is 4.79 Å². The zero-order valence-corrected chi connectivity index (χ0v) is 11.4. The van der Waals surface area contributed by atoms with Gasteiger partial charge in [0.2, 0.25) is 11.8 Å². The molecule has 114 valence electrons. The molecular formula is C13H17N3O5. The third kappa shape index (κ3) is 5.57. The standard InChI is InChI=1S/C13H17N3O5/c1-8(12(19)16-10(7-17)13(20)21)15-11(18)6-9-2-4-14-5-3-9/h2-5,8,10,17H,6-7H2,1H3,(H,15,18)(H,16,19)(H,20,21)/t8-,10-/m1/s1. The zero-order valence-electron chi connectivity index (χ0n) is 11.4. The highest BCUT2D eigenvalue weighted by Crippen LogP contribution is 1.98. The van der Waals surface area contributed by atoms with Gasteiger partial charge >= 0.3 is 5.97 Å². The first-order valence-corrected chi connectivity index (χ1v) is 6.26. The predicted molar refractivity (Wildman–Crippen MR) is 72.2 cm³/mol. The van der Waals surface area contributed by atoms with E-state index in [2.05, 4.69) is 15.6 Å². The molecule has 0 saturated heterocycles. The molecule has 4 N–H and O–H groups in total. The Morgan fingerprint density at radius 1 is 1.24 bits per heavy atom. The second kappa shape index (κ2) is 7.95. The lowest BCUT2D eigenvalue weighted by Gasteiger charge is -2.17. The maximum absolute atomic E-state index is 11.7. The minimum absolute atomic E-state index is 0.0858. The molecule has 8 heteroatoms. The third-order valence-electron chi connectivity index (χ3n) is 2.68. The second-order valence-electron chi connectivity index (χ2n) is 4.40. The Morgan fingerprint density at radius 2 is 1.86 bits per heavy atom. The molecule has 2 atom stereocenters. The van der Waals surface area contributed by atoms with Crippen LogP contribution in [0.25, 0.3) is 0 Å². The van der Waals surface area contributed by atoms with Crippen LogP contribution in [0, 0.1) is 0 Å². The smallest absolute Gasteiger partial charge is 0.328 e. The van der Waals surface area contributed by atoms with Crippen LogP contribution in [0.2, 0.25) is 0 Å². The highest BCUT2D eigenvalue weighted by molar-refractivity contribution is 5.90. The lowest BCUT2D eigenvalue weighted by Crippen LogP contribution is -2.51. The number of nitrogens with one attached hydrogen (secondary N) is 2. The van der Waals surface area contributed by atoms with Crippen molar-refractivity contribution < 1.29 is 24.6 Å². The van der Waals surface area contributed by atoms with Gasteiger partial charge in [0, 0.05) is 12.4 Å². The lowest BCUT2D eigenvalue weighted by molar-refractivity contribution is -0.143. The largest absolute Gasteiger partial charge is 0.480 e. The summed E-state index contributed by atoms with van der Waals surface area (Å²) in [6.07, 6.45) is 3.19. The van der Waals surface area contributed by atoms with E-state index in [1.165, 1.54) is 6.92 Å². The van der Waals surface area contributed by atoms with Crippen LogP contribution in [0.3, 0.4) is 0 Å². The normalized spacial score (nSPS) is 13.0. The number of aliphatic carboxylic acids is 1. The van der Waals surface area contributed by atoms with Gasteiger partial charge in [-0.3, -0.25) is 14.6 Å². The summed E-state index contributed by atoms with van der Waals surface area (Å²) >= 11 is 0. The fourth-order valence-electron chi connectivity index (χ4n) is 1.53. The van der Waals surface area contributed by atoms with E-state index in [0.717, 1.165) is 5.56 Å². The summed E-state index contributed by atoms with van der Waals surface area (Å²) in [7, 11) is 0. The molecule has 1 rings (SSSR count). The summed E-state index contributed by atoms with van der Waals surface area (Å²) in [5.74, 6) is -2.40. The Labute approximate surface area is 121 Å². The fourth-order valence-corrected chi connectivity index (χ4v) is 1.53. The summed E-state index contributed by atoms with van der Waals surface area (Å²) in [5, 5.41) is 22.1. The molecule has 2 amide bonds. The summed E-state index contributed by atoms with van der Waals surface area (Å²) < 4.78 is 0. The lowest BCUT2D eigenvalue weighted by atomic mass is 10.2. The molecule has 8 nitrogen and oxygen atoms in total. The van der Waals surface area contributed by atoms with Gasteiger partial charge in [-0.05, 0) is 24.6 Å². The summed E-state index contributed by atoms with van der Waals surface area (Å²) in [6.45, 7) is 0.703. The molecule has 0 aliphatic carbocycles. The summed E-state index contributed by atoms with van der Waals surface area (Å²) in [5.41, 5.74) is 0.744. The number of carboxylic acids is 1. The molecule has 0 saturated carbocycles. The Morgan fingerprint density at radius 3 is 2.38 bits per heavy atom. The van der Waals surface area contributed by atoms with Gasteiger partial charge in [0.15, 0.2) is 0 Å². The van der Waals surface area contributed by atoms with E-state index in [9.17, 15) is 14.4 Å². The molecule has 0 radical (unpaired) electrons. The molecule has 0 spiro atoms. The Balaban J connectivity index is 2.48. The van der Waals surface area contributed by atoms with Gasteiger partial charge in [-0.15, -0.1) is 0 Å². The van der Waals surface area contributed by atoms with E-state index in [4.69, 9.17) is 10.2 Å². The van der Waals surface area contributed by atoms with Crippen LogP contribution in [0.4, 0.5) is 0 Å². The Kier molecular flexibility index (Phi) is 6.28. The van der Waals surface area contributed by atoms with Gasteiger partial charge in [-0.2, -0.15) is 0 Å². The van der Waals surface area contributed by atoms with Gasteiger partial charge in [0.25, 0.3) is 0 Å². The van der Waals surface area contributed by atoms with Crippen molar-refractivity contribution in [2.75, 3.05) is 6.61 Å². The van der Waals surface area contributed by atoms with E-state index < -0.39 is 30.6 Å². The first-order valence-electron chi connectivity index (χ1n) is 6.26. The molecule has 1 aromatic heterocycles. The highest BCUT2D eigenvalue weighted by Gasteiger charge is 2.23. The van der Waals surface area contributed by atoms with E-state index in [-0.39, 0.29) is 12.3 Å². The monoisotopic (exact) mass is 295 g/mol. The molecular weight excluding hydrogens is 278 g/mol. The second-order valence-corrected chi connectivity index (χ2v) is 4.40. The summed E-state index contributed by atoms with van der Waals surface area (Å²) in [4.78, 5) is 37.9. The number of aliphatic hydroxyl groups is 1. The molecule has 21 heavy (non-hydrogen) atoms. The van der Waals surface area contributed by atoms with E-state index in [1.54, 1.807) is 24.5 Å². The average Bonchev–Trinajstić information content (AvgIpc) is 2.44. The number of carbonyl (C=O) groups is 3. The number of aliphatic hydroxyl groups excluding tert-OH is 1. The molecule has 1 heterocycles. The first kappa shape index (κ1) is 16.6. The van der Waals surface area contributed by atoms with Crippen LogP contribution in [0.15, 0.2) is 24.5 Å². The molecule has 0 bridgehead atoms. The average molecular weight is 295 g/mol. The van der Waals surface area contributed by atoms with Crippen molar-refractivity contribution in [1.82, 2.24) is 15.6 Å². The van der Waals surface area contributed by atoms with Crippen LogP contribution in [-0.4, -0.2) is 51.7 Å². The molecule has 0 unspecified atom stereocenters. The van der Waals surface area contributed by atoms with E-state index in [0.29, 0.717) is 0 Å². The van der Waals surface area contributed by atoms with Crippen molar-refractivity contribution in [3.8, 4) is 0 Å². The SMILES string of the molecule is C[C@@H](NC(=O)Cc1ccncc1)C(=O)N[C@H](CO)C(=O)O. The third-order valence-corrected chi connectivity index (χ3v) is 2.68. The molecule has 1 aromatic rings. The van der Waals surface area contributed by atoms with Crippen LogP contribution in [0.5, 0.6) is 0 Å². The topological polar surface area (TPSA) is 129 Å². The number of carbonyl (C=O) groups excluding carboxylic acids is 2. The van der Waals surface area contributed by atoms with Crippen LogP contribution >= 0.6 is 0 Å².